The Morgan fingerprint density at radius 3 is 2.27 bits per heavy atom. The standard InChI is InChI=1S/C28H27ClFN3/c1-19(17-31)28(3,24-9-13-26(30)14-10-24)33-20(2)27(16-21-7-11-25(29)12-8-21)23-6-4-5-22(15-23)18-32/h4-15,19-20,27,33H,16H2,1-3H3/t19?,20-,27?,28-/m0/s1. The quantitative estimate of drug-likeness (QED) is 0.406. The van der Waals surface area contributed by atoms with Crippen LogP contribution in [0.2, 0.25) is 5.02 Å². The molecule has 5 heteroatoms. The summed E-state index contributed by atoms with van der Waals surface area (Å²) < 4.78 is 13.6. The molecule has 3 nitrogen and oxygen atoms in total. The third kappa shape index (κ3) is 5.79. The van der Waals surface area contributed by atoms with Crippen molar-refractivity contribution >= 4 is 11.6 Å². The predicted octanol–water partition coefficient (Wildman–Crippen LogP) is 6.73. The third-order valence-electron chi connectivity index (χ3n) is 6.45. The van der Waals surface area contributed by atoms with Crippen LogP contribution in [0.1, 0.15) is 48.9 Å². The lowest BCUT2D eigenvalue weighted by atomic mass is 9.78. The third-order valence-corrected chi connectivity index (χ3v) is 6.70. The van der Waals surface area contributed by atoms with Crippen molar-refractivity contribution in [1.82, 2.24) is 5.32 Å². The van der Waals surface area contributed by atoms with Gasteiger partial charge in [-0.1, -0.05) is 48.0 Å². The minimum absolute atomic E-state index is 0.0186. The molecule has 3 aromatic carbocycles. The van der Waals surface area contributed by atoms with Gasteiger partial charge < -0.3 is 5.32 Å². The van der Waals surface area contributed by atoms with Gasteiger partial charge in [-0.05, 0) is 80.3 Å². The van der Waals surface area contributed by atoms with Crippen molar-refractivity contribution in [3.05, 3.63) is 106 Å². The summed E-state index contributed by atoms with van der Waals surface area (Å²) in [4.78, 5) is 0. The van der Waals surface area contributed by atoms with Crippen LogP contribution in [0.25, 0.3) is 0 Å². The summed E-state index contributed by atoms with van der Waals surface area (Å²) >= 11 is 6.08. The first kappa shape index (κ1) is 24.5. The van der Waals surface area contributed by atoms with E-state index < -0.39 is 5.54 Å². The Morgan fingerprint density at radius 2 is 1.67 bits per heavy atom. The average molecular weight is 460 g/mol. The van der Waals surface area contributed by atoms with Crippen LogP contribution in [0, 0.1) is 34.4 Å². The zero-order valence-electron chi connectivity index (χ0n) is 19.0. The predicted molar refractivity (Wildman–Crippen MR) is 130 cm³/mol. The molecule has 2 unspecified atom stereocenters. The number of nitrogens with zero attached hydrogens (tertiary/aromatic N) is 2. The molecule has 0 heterocycles. The van der Waals surface area contributed by atoms with E-state index in [-0.39, 0.29) is 23.7 Å². The Balaban J connectivity index is 2.00. The molecule has 0 bridgehead atoms. The number of rotatable bonds is 8. The van der Waals surface area contributed by atoms with Gasteiger partial charge >= 0.3 is 0 Å². The molecule has 0 spiro atoms. The smallest absolute Gasteiger partial charge is 0.123 e. The largest absolute Gasteiger partial charge is 0.303 e. The summed E-state index contributed by atoms with van der Waals surface area (Å²) in [7, 11) is 0. The van der Waals surface area contributed by atoms with E-state index in [2.05, 4.69) is 24.4 Å². The molecule has 0 aliphatic rings. The van der Waals surface area contributed by atoms with E-state index in [9.17, 15) is 14.9 Å². The molecular weight excluding hydrogens is 433 g/mol. The fourth-order valence-corrected chi connectivity index (χ4v) is 4.38. The second kappa shape index (κ2) is 10.6. The lowest BCUT2D eigenvalue weighted by molar-refractivity contribution is 0.247. The van der Waals surface area contributed by atoms with Gasteiger partial charge in [0.25, 0.3) is 0 Å². The molecule has 3 rings (SSSR count). The summed E-state index contributed by atoms with van der Waals surface area (Å²) in [6.07, 6.45) is 0.723. The van der Waals surface area contributed by atoms with Crippen LogP contribution in [0.15, 0.2) is 72.8 Å². The van der Waals surface area contributed by atoms with Crippen molar-refractivity contribution in [2.24, 2.45) is 5.92 Å². The number of benzene rings is 3. The maximum absolute atomic E-state index is 13.6. The first-order valence-electron chi connectivity index (χ1n) is 10.9. The fraction of sp³-hybridized carbons (Fsp3) is 0.286. The van der Waals surface area contributed by atoms with Gasteiger partial charge in [-0.25, -0.2) is 4.39 Å². The van der Waals surface area contributed by atoms with E-state index >= 15 is 0 Å². The van der Waals surface area contributed by atoms with Crippen molar-refractivity contribution in [2.75, 3.05) is 0 Å². The highest BCUT2D eigenvalue weighted by Crippen LogP contribution is 2.34. The molecule has 0 saturated carbocycles. The van der Waals surface area contributed by atoms with Crippen molar-refractivity contribution in [3.63, 3.8) is 0 Å². The van der Waals surface area contributed by atoms with Crippen LogP contribution in [-0.2, 0) is 12.0 Å². The van der Waals surface area contributed by atoms with Gasteiger partial charge in [0.2, 0.25) is 0 Å². The first-order chi connectivity index (χ1) is 15.8. The SMILES string of the molecule is CC(C#N)[C@](C)(N[C@@H](C)C(Cc1ccc(Cl)cc1)c1cccc(C#N)c1)c1ccc(F)cc1. The monoisotopic (exact) mass is 459 g/mol. The van der Waals surface area contributed by atoms with Crippen LogP contribution in [0.4, 0.5) is 4.39 Å². The molecule has 0 aliphatic carbocycles. The highest BCUT2D eigenvalue weighted by atomic mass is 35.5. The van der Waals surface area contributed by atoms with Gasteiger partial charge in [-0.2, -0.15) is 10.5 Å². The molecular formula is C28H27ClFN3. The highest BCUT2D eigenvalue weighted by Gasteiger charge is 2.36. The first-order valence-corrected chi connectivity index (χ1v) is 11.3. The van der Waals surface area contributed by atoms with Gasteiger partial charge in [-0.3, -0.25) is 0 Å². The Morgan fingerprint density at radius 1 is 1.00 bits per heavy atom. The molecule has 4 atom stereocenters. The molecule has 0 amide bonds. The van der Waals surface area contributed by atoms with E-state index in [0.717, 1.165) is 23.1 Å². The molecule has 0 fully saturated rings. The maximum Gasteiger partial charge on any atom is 0.123 e. The van der Waals surface area contributed by atoms with Crippen LogP contribution in [0.5, 0.6) is 0 Å². The minimum Gasteiger partial charge on any atom is -0.303 e. The zero-order chi connectivity index (χ0) is 24.0. The van der Waals surface area contributed by atoms with Gasteiger partial charge in [0.05, 0.1) is 29.2 Å². The van der Waals surface area contributed by atoms with Crippen molar-refractivity contribution in [2.45, 2.75) is 44.7 Å². The van der Waals surface area contributed by atoms with Crippen LogP contribution in [-0.4, -0.2) is 6.04 Å². The maximum atomic E-state index is 13.6. The second-order valence-corrected chi connectivity index (χ2v) is 9.10. The van der Waals surface area contributed by atoms with Gasteiger partial charge in [-0.15, -0.1) is 0 Å². The molecule has 0 radical (unpaired) electrons. The second-order valence-electron chi connectivity index (χ2n) is 8.67. The van der Waals surface area contributed by atoms with E-state index in [0.29, 0.717) is 10.6 Å². The number of hydrogen-bond donors (Lipinski definition) is 1. The molecule has 1 N–H and O–H groups in total. The molecule has 168 valence electrons. The topological polar surface area (TPSA) is 59.6 Å². The highest BCUT2D eigenvalue weighted by molar-refractivity contribution is 6.30. The average Bonchev–Trinajstić information content (AvgIpc) is 2.83. The molecule has 3 aromatic rings. The number of nitrogens with one attached hydrogen (secondary N) is 1. The number of halogens is 2. The van der Waals surface area contributed by atoms with Gasteiger partial charge in [0.15, 0.2) is 0 Å². The Kier molecular flexibility index (Phi) is 7.88. The summed E-state index contributed by atoms with van der Waals surface area (Å²) in [5.41, 5.74) is 2.91. The van der Waals surface area contributed by atoms with Crippen molar-refractivity contribution < 1.29 is 4.39 Å². The summed E-state index contributed by atoms with van der Waals surface area (Å²) in [6.45, 7) is 5.94. The summed E-state index contributed by atoms with van der Waals surface area (Å²) in [6, 6.07) is 26.2. The van der Waals surface area contributed by atoms with Crippen LogP contribution < -0.4 is 5.32 Å². The fourth-order valence-electron chi connectivity index (χ4n) is 4.25. The number of nitriles is 2. The van der Waals surface area contributed by atoms with Crippen LogP contribution in [0.3, 0.4) is 0 Å². The Labute approximate surface area is 200 Å². The van der Waals surface area contributed by atoms with Crippen molar-refractivity contribution in [1.29, 1.82) is 10.5 Å². The van der Waals surface area contributed by atoms with E-state index in [4.69, 9.17) is 11.6 Å². The zero-order valence-corrected chi connectivity index (χ0v) is 19.8. The molecule has 0 saturated heterocycles. The van der Waals surface area contributed by atoms with Gasteiger partial charge in [0.1, 0.15) is 5.82 Å². The molecule has 0 aliphatic heterocycles. The minimum atomic E-state index is -0.701. The summed E-state index contributed by atoms with van der Waals surface area (Å²) in [5, 5.41) is 23.6. The van der Waals surface area contributed by atoms with E-state index in [1.807, 2.05) is 56.3 Å². The van der Waals surface area contributed by atoms with Gasteiger partial charge in [0, 0.05) is 17.0 Å². The van der Waals surface area contributed by atoms with E-state index in [1.54, 1.807) is 18.2 Å². The molecule has 33 heavy (non-hydrogen) atoms. The Bertz CT molecular complexity index is 1160. The normalized spacial score (nSPS) is 15.5. The van der Waals surface area contributed by atoms with Crippen molar-refractivity contribution in [3.8, 4) is 12.1 Å². The van der Waals surface area contributed by atoms with E-state index in [1.165, 1.54) is 12.1 Å². The lowest BCUT2D eigenvalue weighted by Crippen LogP contribution is -2.51. The Hall–Kier alpha value is -3.18. The molecule has 0 aromatic heterocycles. The number of hydrogen-bond acceptors (Lipinski definition) is 3. The lowest BCUT2D eigenvalue weighted by Gasteiger charge is -2.39. The van der Waals surface area contributed by atoms with Crippen LogP contribution >= 0.6 is 11.6 Å². The summed E-state index contributed by atoms with van der Waals surface area (Å²) in [5.74, 6) is -0.662.